The highest BCUT2D eigenvalue weighted by Gasteiger charge is 2.35. The van der Waals surface area contributed by atoms with Crippen LogP contribution in [-0.2, 0) is 14.8 Å². The third-order valence-corrected chi connectivity index (χ3v) is 10.7. The average molecular weight is 680 g/mol. The van der Waals surface area contributed by atoms with Gasteiger partial charge in [0.15, 0.2) is 5.13 Å². The Morgan fingerprint density at radius 2 is 1.80 bits per heavy atom. The molecule has 5 aromatic rings. The first-order valence-electron chi connectivity index (χ1n) is 13.7. The summed E-state index contributed by atoms with van der Waals surface area (Å²) in [6.07, 6.45) is 0. The van der Waals surface area contributed by atoms with Crippen molar-refractivity contribution >= 4 is 71.7 Å². The molecule has 1 fully saturated rings. The summed E-state index contributed by atoms with van der Waals surface area (Å²) in [5.74, 6) is -1.41. The number of hydrazine groups is 1. The predicted molar refractivity (Wildman–Crippen MR) is 175 cm³/mol. The van der Waals surface area contributed by atoms with Crippen LogP contribution >= 0.6 is 23.1 Å². The maximum absolute atomic E-state index is 14.9. The number of nitrogens with zero attached hydrogens (tertiary/aromatic N) is 2. The van der Waals surface area contributed by atoms with Crippen molar-refractivity contribution in [1.82, 2.24) is 15.4 Å². The van der Waals surface area contributed by atoms with Crippen LogP contribution in [-0.4, -0.2) is 48.2 Å². The van der Waals surface area contributed by atoms with E-state index < -0.39 is 27.1 Å². The Bertz CT molecular complexity index is 2070. The number of fused-ring (bicyclic) bond motifs is 1. The quantitative estimate of drug-likeness (QED) is 0.149. The summed E-state index contributed by atoms with van der Waals surface area (Å²) in [5.41, 5.74) is 5.36. The number of aryl methyl sites for hydroxylation is 1. The molecule has 46 heavy (non-hydrogen) atoms. The Morgan fingerprint density at radius 3 is 2.52 bits per heavy atom. The Labute approximate surface area is 271 Å². The highest BCUT2D eigenvalue weighted by Crippen LogP contribution is 2.39. The van der Waals surface area contributed by atoms with E-state index >= 15 is 0 Å². The number of methoxy groups -OCH3 is 1. The fourth-order valence-corrected chi connectivity index (χ4v) is 8.04. The molecule has 2 heterocycles. The molecule has 1 aliphatic heterocycles. The topological polar surface area (TPSA) is 150 Å². The molecule has 6 rings (SSSR count). The Hall–Kier alpha value is -4.86. The molecule has 1 saturated heterocycles. The zero-order chi connectivity index (χ0) is 32.6. The molecule has 0 saturated carbocycles. The van der Waals surface area contributed by atoms with Crippen molar-refractivity contribution in [3.05, 3.63) is 101 Å². The molecule has 4 aromatic carbocycles. The van der Waals surface area contributed by atoms with E-state index in [0.717, 1.165) is 23.0 Å². The number of carbonyl (C=O) groups excluding carboxylic acids is 2. The molecule has 0 bridgehead atoms. The van der Waals surface area contributed by atoms with Crippen LogP contribution < -0.4 is 20.2 Å². The lowest BCUT2D eigenvalue weighted by Gasteiger charge is -2.25. The number of thioether (sulfide) groups is 1. The van der Waals surface area contributed by atoms with E-state index in [0.29, 0.717) is 21.5 Å². The standard InChI is InChI=1S/C31H26FN5O6S3/c1-17-3-7-19(8-4-17)33-27-23(32)12-13-24-28(27)45-31(34-24)36-46(41,42)21-11-14-25(43-2)22(15-21)29(40)35-37-26(39)16-44-30(37)18-5-9-20(38)10-6-18/h3-15,30,33,38H,16H2,1-2H3,(H,34,36)(H,35,40). The molecule has 0 aliphatic carbocycles. The van der Waals surface area contributed by atoms with Crippen molar-refractivity contribution in [2.45, 2.75) is 17.2 Å². The first-order valence-corrected chi connectivity index (χ1v) is 17.0. The monoisotopic (exact) mass is 679 g/mol. The number of sulfonamides is 1. The third-order valence-electron chi connectivity index (χ3n) is 7.04. The SMILES string of the molecule is COc1ccc(S(=O)(=O)Nc2nc3ccc(F)c(Nc4ccc(C)cc4)c3s2)cc1C(=O)NN1C(=O)CSC1c1ccc(O)cc1. The van der Waals surface area contributed by atoms with E-state index in [1.54, 1.807) is 12.1 Å². The van der Waals surface area contributed by atoms with E-state index in [2.05, 4.69) is 20.4 Å². The van der Waals surface area contributed by atoms with Crippen LogP contribution in [0.25, 0.3) is 10.2 Å². The van der Waals surface area contributed by atoms with Gasteiger partial charge in [-0.1, -0.05) is 41.2 Å². The number of aromatic hydroxyl groups is 1. The van der Waals surface area contributed by atoms with Gasteiger partial charge in [0.2, 0.25) is 0 Å². The predicted octanol–water partition coefficient (Wildman–Crippen LogP) is 5.92. The average Bonchev–Trinajstić information content (AvgIpc) is 3.61. The number of halogens is 1. The second kappa shape index (κ2) is 12.5. The van der Waals surface area contributed by atoms with Crippen molar-refractivity contribution in [3.8, 4) is 11.5 Å². The second-order valence-electron chi connectivity index (χ2n) is 10.2. The highest BCUT2D eigenvalue weighted by molar-refractivity contribution is 8.00. The number of rotatable bonds is 9. The van der Waals surface area contributed by atoms with Crippen molar-refractivity contribution in [1.29, 1.82) is 0 Å². The zero-order valence-corrected chi connectivity index (χ0v) is 26.7. The van der Waals surface area contributed by atoms with Crippen LogP contribution in [0.3, 0.4) is 0 Å². The first kappa shape index (κ1) is 31.1. The zero-order valence-electron chi connectivity index (χ0n) is 24.3. The number of phenolic OH excluding ortho intramolecular Hbond substituents is 1. The molecule has 1 aromatic heterocycles. The number of carbonyl (C=O) groups is 2. The van der Waals surface area contributed by atoms with Crippen LogP contribution in [0.5, 0.6) is 11.5 Å². The van der Waals surface area contributed by atoms with E-state index in [-0.39, 0.29) is 44.4 Å². The molecule has 1 unspecified atom stereocenters. The molecule has 15 heteroatoms. The molecule has 0 spiro atoms. The van der Waals surface area contributed by atoms with E-state index in [4.69, 9.17) is 4.74 Å². The van der Waals surface area contributed by atoms with E-state index in [1.165, 1.54) is 60.3 Å². The number of hydrogen-bond acceptors (Lipinski definition) is 10. The smallest absolute Gasteiger partial charge is 0.273 e. The second-order valence-corrected chi connectivity index (χ2v) is 14.0. The molecule has 0 radical (unpaired) electrons. The first-order chi connectivity index (χ1) is 22.0. The number of amides is 2. The maximum atomic E-state index is 14.9. The number of thiazole rings is 1. The number of hydrogen-bond donors (Lipinski definition) is 4. The van der Waals surface area contributed by atoms with Crippen LogP contribution in [0.1, 0.15) is 26.9 Å². The summed E-state index contributed by atoms with van der Waals surface area (Å²) in [7, 11) is -2.95. The Balaban J connectivity index is 1.26. The van der Waals surface area contributed by atoms with Gasteiger partial charge < -0.3 is 15.2 Å². The van der Waals surface area contributed by atoms with Gasteiger partial charge in [-0.05, 0) is 67.1 Å². The van der Waals surface area contributed by atoms with Crippen LogP contribution in [0, 0.1) is 12.7 Å². The largest absolute Gasteiger partial charge is 0.508 e. The summed E-state index contributed by atoms with van der Waals surface area (Å²) < 4.78 is 50.0. The number of aromatic nitrogens is 1. The van der Waals surface area contributed by atoms with Gasteiger partial charge in [0, 0.05) is 5.69 Å². The molecule has 11 nitrogen and oxygen atoms in total. The van der Waals surface area contributed by atoms with Gasteiger partial charge in [-0.15, -0.1) is 11.8 Å². The summed E-state index contributed by atoms with van der Waals surface area (Å²) in [4.78, 5) is 30.2. The van der Waals surface area contributed by atoms with Gasteiger partial charge in [-0.25, -0.2) is 22.8 Å². The van der Waals surface area contributed by atoms with Crippen molar-refractivity contribution in [2.75, 3.05) is 22.9 Å². The molecule has 236 valence electrons. The van der Waals surface area contributed by atoms with Gasteiger partial charge in [-0.3, -0.25) is 19.7 Å². The highest BCUT2D eigenvalue weighted by atomic mass is 32.2. The van der Waals surface area contributed by atoms with Crippen LogP contribution in [0.4, 0.5) is 20.9 Å². The maximum Gasteiger partial charge on any atom is 0.273 e. The minimum Gasteiger partial charge on any atom is -0.508 e. The minimum atomic E-state index is -4.28. The fourth-order valence-electron chi connectivity index (χ4n) is 4.71. The van der Waals surface area contributed by atoms with Gasteiger partial charge in [0.1, 0.15) is 22.7 Å². The van der Waals surface area contributed by atoms with Gasteiger partial charge in [-0.2, -0.15) is 0 Å². The van der Waals surface area contributed by atoms with Gasteiger partial charge in [0.05, 0.1) is 39.2 Å². The minimum absolute atomic E-state index is 0.00852. The molecular formula is C31H26FN5O6S3. The van der Waals surface area contributed by atoms with Crippen molar-refractivity contribution in [3.63, 3.8) is 0 Å². The fraction of sp³-hybridized carbons (Fsp3) is 0.129. The van der Waals surface area contributed by atoms with Crippen LogP contribution in [0.2, 0.25) is 0 Å². The number of anilines is 3. The van der Waals surface area contributed by atoms with Crippen molar-refractivity contribution < 1.29 is 32.2 Å². The lowest BCUT2D eigenvalue weighted by Crippen LogP contribution is -2.44. The van der Waals surface area contributed by atoms with E-state index in [1.807, 2.05) is 31.2 Å². The van der Waals surface area contributed by atoms with Gasteiger partial charge in [0.25, 0.3) is 21.8 Å². The normalized spacial score (nSPS) is 14.8. The van der Waals surface area contributed by atoms with Crippen LogP contribution in [0.15, 0.2) is 83.8 Å². The lowest BCUT2D eigenvalue weighted by molar-refractivity contribution is -0.130. The molecule has 1 atom stereocenters. The van der Waals surface area contributed by atoms with Crippen molar-refractivity contribution in [2.24, 2.45) is 0 Å². The Morgan fingerprint density at radius 1 is 1.07 bits per heavy atom. The Kier molecular flexibility index (Phi) is 8.46. The third kappa shape index (κ3) is 6.29. The van der Waals surface area contributed by atoms with Gasteiger partial charge >= 0.3 is 0 Å². The molecule has 2 amide bonds. The number of phenols is 1. The molecule has 4 N–H and O–H groups in total. The molecular weight excluding hydrogens is 654 g/mol. The number of benzene rings is 4. The summed E-state index contributed by atoms with van der Waals surface area (Å²) in [6.45, 7) is 1.94. The number of ether oxygens (including phenoxy) is 1. The lowest BCUT2D eigenvalue weighted by atomic mass is 10.2. The van der Waals surface area contributed by atoms with E-state index in [9.17, 15) is 27.5 Å². The summed E-state index contributed by atoms with van der Waals surface area (Å²) in [5, 5.41) is 13.3. The summed E-state index contributed by atoms with van der Waals surface area (Å²) >= 11 is 2.24. The molecule has 1 aliphatic rings. The number of nitrogens with one attached hydrogen (secondary N) is 3. The summed E-state index contributed by atoms with van der Waals surface area (Å²) in [6, 6.07) is 20.1.